The molecule has 1 aromatic rings. The van der Waals surface area contributed by atoms with E-state index in [0.717, 1.165) is 36.8 Å². The number of hydrogen-bond donors (Lipinski definition) is 1. The van der Waals surface area contributed by atoms with Crippen molar-refractivity contribution in [1.82, 2.24) is 0 Å². The third-order valence-electron chi connectivity index (χ3n) is 2.78. The van der Waals surface area contributed by atoms with Crippen LogP contribution in [0.3, 0.4) is 0 Å². The summed E-state index contributed by atoms with van der Waals surface area (Å²) in [7, 11) is 0. The summed E-state index contributed by atoms with van der Waals surface area (Å²) in [4.78, 5) is 12.6. The quantitative estimate of drug-likeness (QED) is 0.797. The first-order valence-corrected chi connectivity index (χ1v) is 6.32. The molecule has 4 nitrogen and oxygen atoms in total. The summed E-state index contributed by atoms with van der Waals surface area (Å²) < 4.78 is 0. The smallest absolute Gasteiger partial charge is 0.328 e. The summed E-state index contributed by atoms with van der Waals surface area (Å²) in [6, 6.07) is 7.59. The zero-order chi connectivity index (χ0) is 14.3. The third kappa shape index (κ3) is 4.14. The van der Waals surface area contributed by atoms with Crippen LogP contribution in [0, 0.1) is 11.3 Å². The van der Waals surface area contributed by atoms with Gasteiger partial charge in [0.2, 0.25) is 0 Å². The van der Waals surface area contributed by atoms with Crippen molar-refractivity contribution in [3.05, 3.63) is 35.4 Å². The molecule has 0 aliphatic rings. The maximum Gasteiger partial charge on any atom is 0.328 e. The summed E-state index contributed by atoms with van der Waals surface area (Å²) in [5, 5.41) is 17.8. The minimum absolute atomic E-state index is 0.572. The molecule has 1 N–H and O–H groups in total. The van der Waals surface area contributed by atoms with Gasteiger partial charge >= 0.3 is 5.97 Å². The molecule has 1 aromatic carbocycles. The number of aliphatic carboxylic acids is 1. The third-order valence-corrected chi connectivity index (χ3v) is 2.78. The van der Waals surface area contributed by atoms with Crippen LogP contribution in [-0.2, 0) is 4.79 Å². The summed E-state index contributed by atoms with van der Waals surface area (Å²) in [6.07, 6.45) is 3.57. The van der Waals surface area contributed by atoms with Crippen molar-refractivity contribution in [1.29, 1.82) is 5.26 Å². The van der Waals surface area contributed by atoms with Gasteiger partial charge in [-0.25, -0.2) is 4.79 Å². The van der Waals surface area contributed by atoms with Gasteiger partial charge in [0, 0.05) is 19.2 Å². The fourth-order valence-electron chi connectivity index (χ4n) is 1.91. The molecular formula is C15H18N2O2. The minimum atomic E-state index is -0.997. The van der Waals surface area contributed by atoms with Crippen LogP contribution in [0.5, 0.6) is 0 Å². The van der Waals surface area contributed by atoms with E-state index in [0.29, 0.717) is 5.56 Å². The molecular weight excluding hydrogens is 240 g/mol. The van der Waals surface area contributed by atoms with Crippen molar-refractivity contribution in [2.24, 2.45) is 0 Å². The zero-order valence-electron chi connectivity index (χ0n) is 11.3. The highest BCUT2D eigenvalue weighted by Crippen LogP contribution is 2.22. The predicted octanol–water partition coefficient (Wildman–Crippen LogP) is 2.89. The number of anilines is 1. The molecule has 0 aliphatic carbocycles. The largest absolute Gasteiger partial charge is 0.478 e. The number of benzene rings is 1. The molecule has 0 spiro atoms. The second-order valence-corrected chi connectivity index (χ2v) is 4.14. The van der Waals surface area contributed by atoms with Gasteiger partial charge in [0.25, 0.3) is 0 Å². The van der Waals surface area contributed by atoms with Crippen LogP contribution in [0.15, 0.2) is 24.3 Å². The number of rotatable bonds is 6. The number of carboxylic acids is 1. The molecule has 19 heavy (non-hydrogen) atoms. The lowest BCUT2D eigenvalue weighted by atomic mass is 10.1. The van der Waals surface area contributed by atoms with Crippen LogP contribution in [0.1, 0.15) is 31.4 Å². The first-order chi connectivity index (χ1) is 9.12. The van der Waals surface area contributed by atoms with Gasteiger partial charge in [-0.2, -0.15) is 5.26 Å². The van der Waals surface area contributed by atoms with Crippen LogP contribution < -0.4 is 4.90 Å². The van der Waals surface area contributed by atoms with Gasteiger partial charge < -0.3 is 10.0 Å². The van der Waals surface area contributed by atoms with Gasteiger partial charge in [-0.1, -0.05) is 13.0 Å². The Bertz CT molecular complexity index is 515. The average molecular weight is 258 g/mol. The number of hydrogen-bond acceptors (Lipinski definition) is 3. The van der Waals surface area contributed by atoms with Gasteiger partial charge in [0.15, 0.2) is 0 Å². The molecule has 0 saturated heterocycles. The van der Waals surface area contributed by atoms with Crippen molar-refractivity contribution in [3.8, 4) is 6.07 Å². The predicted molar refractivity (Wildman–Crippen MR) is 76.0 cm³/mol. The Morgan fingerprint density at radius 3 is 2.74 bits per heavy atom. The molecule has 100 valence electrons. The Morgan fingerprint density at radius 2 is 2.21 bits per heavy atom. The van der Waals surface area contributed by atoms with Gasteiger partial charge in [-0.15, -0.1) is 0 Å². The minimum Gasteiger partial charge on any atom is -0.478 e. The highest BCUT2D eigenvalue weighted by molar-refractivity contribution is 5.85. The number of nitrogens with zero attached hydrogens (tertiary/aromatic N) is 2. The van der Waals surface area contributed by atoms with Crippen molar-refractivity contribution in [3.63, 3.8) is 0 Å². The van der Waals surface area contributed by atoms with Gasteiger partial charge in [0.1, 0.15) is 6.07 Å². The molecule has 0 atom stereocenters. The van der Waals surface area contributed by atoms with E-state index in [1.54, 1.807) is 6.07 Å². The Kier molecular flexibility index (Phi) is 5.62. The lowest BCUT2D eigenvalue weighted by Gasteiger charge is -2.23. The van der Waals surface area contributed by atoms with Crippen molar-refractivity contribution < 1.29 is 9.90 Å². The first kappa shape index (κ1) is 14.8. The molecule has 0 fully saturated rings. The van der Waals surface area contributed by atoms with Gasteiger partial charge in [-0.3, -0.25) is 0 Å². The van der Waals surface area contributed by atoms with E-state index in [1.807, 2.05) is 12.1 Å². The molecule has 0 aliphatic heterocycles. The van der Waals surface area contributed by atoms with Gasteiger partial charge in [-0.05, 0) is 37.1 Å². The van der Waals surface area contributed by atoms with Crippen LogP contribution >= 0.6 is 0 Å². The SMILES string of the molecule is CCCN(CC)c1ccc(/C=C/C(=O)O)cc1C#N. The molecule has 1 rings (SSSR count). The Hall–Kier alpha value is -2.28. The van der Waals surface area contributed by atoms with E-state index >= 15 is 0 Å². The summed E-state index contributed by atoms with van der Waals surface area (Å²) in [6.45, 7) is 5.88. The highest BCUT2D eigenvalue weighted by atomic mass is 16.4. The number of carboxylic acid groups (broad SMARTS) is 1. The fraction of sp³-hybridized carbons (Fsp3) is 0.333. The summed E-state index contributed by atoms with van der Waals surface area (Å²) in [5.74, 6) is -0.997. The maximum atomic E-state index is 10.5. The average Bonchev–Trinajstić information content (AvgIpc) is 2.42. The summed E-state index contributed by atoms with van der Waals surface area (Å²) in [5.41, 5.74) is 2.19. The lowest BCUT2D eigenvalue weighted by Crippen LogP contribution is -2.24. The van der Waals surface area contributed by atoms with Crippen LogP contribution in [-0.4, -0.2) is 24.2 Å². The van der Waals surface area contributed by atoms with Crippen LogP contribution in [0.25, 0.3) is 6.08 Å². The zero-order valence-corrected chi connectivity index (χ0v) is 11.3. The summed E-state index contributed by atoms with van der Waals surface area (Å²) >= 11 is 0. The maximum absolute atomic E-state index is 10.5. The number of nitriles is 1. The first-order valence-electron chi connectivity index (χ1n) is 6.32. The van der Waals surface area contributed by atoms with E-state index in [4.69, 9.17) is 5.11 Å². The molecule has 0 saturated carbocycles. The monoisotopic (exact) mass is 258 g/mol. The van der Waals surface area contributed by atoms with Crippen molar-refractivity contribution >= 4 is 17.7 Å². The molecule has 0 unspecified atom stereocenters. The van der Waals surface area contributed by atoms with E-state index in [-0.39, 0.29) is 0 Å². The van der Waals surface area contributed by atoms with Crippen LogP contribution in [0.2, 0.25) is 0 Å². The standard InChI is InChI=1S/C15H18N2O2/c1-3-9-17(4-2)14-7-5-12(6-8-15(18)19)10-13(14)11-16/h5-8,10H,3-4,9H2,1-2H3,(H,18,19)/b8-6+. The highest BCUT2D eigenvalue weighted by Gasteiger charge is 2.09. The van der Waals surface area contributed by atoms with Crippen LogP contribution in [0.4, 0.5) is 5.69 Å². The second-order valence-electron chi connectivity index (χ2n) is 4.14. The molecule has 4 heteroatoms. The van der Waals surface area contributed by atoms with Crippen molar-refractivity contribution in [2.75, 3.05) is 18.0 Å². The molecule has 0 amide bonds. The molecule has 0 bridgehead atoms. The lowest BCUT2D eigenvalue weighted by molar-refractivity contribution is -0.131. The molecule has 0 aromatic heterocycles. The Balaban J connectivity index is 3.09. The van der Waals surface area contributed by atoms with E-state index in [9.17, 15) is 10.1 Å². The van der Waals surface area contributed by atoms with E-state index in [2.05, 4.69) is 24.8 Å². The van der Waals surface area contributed by atoms with E-state index < -0.39 is 5.97 Å². The second kappa shape index (κ2) is 7.22. The molecule has 0 heterocycles. The van der Waals surface area contributed by atoms with E-state index in [1.165, 1.54) is 6.08 Å². The Morgan fingerprint density at radius 1 is 1.47 bits per heavy atom. The normalized spacial score (nSPS) is 10.4. The number of carbonyl (C=O) groups is 1. The topological polar surface area (TPSA) is 64.3 Å². The fourth-order valence-corrected chi connectivity index (χ4v) is 1.91. The Labute approximate surface area is 113 Å². The molecule has 0 radical (unpaired) electrons. The van der Waals surface area contributed by atoms with Gasteiger partial charge in [0.05, 0.1) is 11.3 Å². The van der Waals surface area contributed by atoms with Crippen molar-refractivity contribution in [2.45, 2.75) is 20.3 Å².